The van der Waals surface area contributed by atoms with Crippen molar-refractivity contribution in [1.29, 1.82) is 0 Å². The summed E-state index contributed by atoms with van der Waals surface area (Å²) in [6, 6.07) is 6.63. The Kier molecular flexibility index (Phi) is 4.03. The van der Waals surface area contributed by atoms with Crippen LogP contribution in [0.15, 0.2) is 41.8 Å². The lowest BCUT2D eigenvalue weighted by Crippen LogP contribution is -2.14. The van der Waals surface area contributed by atoms with Crippen LogP contribution < -0.4 is 15.2 Å². The van der Waals surface area contributed by atoms with Crippen LogP contribution in [0.1, 0.15) is 0 Å². The van der Waals surface area contributed by atoms with Gasteiger partial charge in [-0.2, -0.15) is 8.42 Å². The second-order valence-electron chi connectivity index (χ2n) is 3.69. The van der Waals surface area contributed by atoms with Gasteiger partial charge in [-0.1, -0.05) is 6.07 Å². The number of imidazole rings is 1. The van der Waals surface area contributed by atoms with Crippen LogP contribution in [0.25, 0.3) is 0 Å². The van der Waals surface area contributed by atoms with E-state index < -0.39 is 10.0 Å². The molecule has 1 aromatic carbocycles. The molecule has 19 heavy (non-hydrogen) atoms. The van der Waals surface area contributed by atoms with Crippen LogP contribution in [-0.4, -0.2) is 31.5 Å². The third kappa shape index (κ3) is 3.46. The van der Waals surface area contributed by atoms with E-state index in [1.165, 1.54) is 12.5 Å². The molecule has 0 aliphatic carbocycles. The molecule has 0 spiro atoms. The van der Waals surface area contributed by atoms with E-state index in [1.807, 2.05) is 0 Å². The van der Waals surface area contributed by atoms with Crippen LogP contribution in [0.4, 0.5) is 5.69 Å². The zero-order valence-corrected chi connectivity index (χ0v) is 10.9. The number of anilines is 1. The summed E-state index contributed by atoms with van der Waals surface area (Å²) in [5.74, 6) is 0.551. The highest BCUT2D eigenvalue weighted by molar-refractivity contribution is 7.92. The quantitative estimate of drug-likeness (QED) is 0.716. The van der Waals surface area contributed by atoms with E-state index in [9.17, 15) is 8.42 Å². The molecule has 0 fully saturated rings. The summed E-state index contributed by atoms with van der Waals surface area (Å²) < 4.78 is 31.6. The summed E-state index contributed by atoms with van der Waals surface area (Å²) >= 11 is 0. The number of aromatic amines is 1. The highest BCUT2D eigenvalue weighted by Crippen LogP contribution is 2.19. The number of benzene rings is 1. The monoisotopic (exact) mass is 282 g/mol. The summed E-state index contributed by atoms with van der Waals surface area (Å²) in [5, 5.41) is 0.000722. The molecule has 0 bridgehead atoms. The number of nitrogens with one attached hydrogen (secondary N) is 2. The van der Waals surface area contributed by atoms with E-state index >= 15 is 0 Å². The van der Waals surface area contributed by atoms with Gasteiger partial charge in [0.05, 0.1) is 18.2 Å². The number of sulfonamides is 1. The molecule has 2 aromatic rings. The lowest BCUT2D eigenvalue weighted by atomic mass is 10.3. The molecule has 4 N–H and O–H groups in total. The number of aromatic nitrogens is 2. The molecule has 7 nitrogen and oxygen atoms in total. The first kappa shape index (κ1) is 13.4. The van der Waals surface area contributed by atoms with Crippen LogP contribution in [-0.2, 0) is 10.0 Å². The number of nitrogens with two attached hydrogens (primary N) is 1. The Hall–Kier alpha value is -2.06. The molecular weight excluding hydrogens is 268 g/mol. The third-order valence-electron chi connectivity index (χ3n) is 2.24. The van der Waals surface area contributed by atoms with Gasteiger partial charge in [0, 0.05) is 12.6 Å². The van der Waals surface area contributed by atoms with Gasteiger partial charge < -0.3 is 15.5 Å². The summed E-state index contributed by atoms with van der Waals surface area (Å²) in [6.45, 7) is 0.765. The van der Waals surface area contributed by atoms with Gasteiger partial charge in [0.2, 0.25) is 0 Å². The molecule has 0 unspecified atom stereocenters. The SMILES string of the molecule is NCCOc1cccc(NS(=O)(=O)c2cnc[nH]2)c1. The predicted molar refractivity (Wildman–Crippen MR) is 70.4 cm³/mol. The highest BCUT2D eigenvalue weighted by atomic mass is 32.2. The lowest BCUT2D eigenvalue weighted by Gasteiger charge is -2.09. The van der Waals surface area contributed by atoms with Gasteiger partial charge in [-0.05, 0) is 12.1 Å². The second kappa shape index (κ2) is 5.72. The molecule has 2 rings (SSSR count). The Morgan fingerprint density at radius 1 is 1.42 bits per heavy atom. The first-order valence-corrected chi connectivity index (χ1v) is 7.04. The second-order valence-corrected chi connectivity index (χ2v) is 5.34. The first-order chi connectivity index (χ1) is 9.12. The number of hydrogen-bond donors (Lipinski definition) is 3. The maximum atomic E-state index is 11.9. The van der Waals surface area contributed by atoms with E-state index in [2.05, 4.69) is 14.7 Å². The largest absolute Gasteiger partial charge is 0.492 e. The molecule has 0 atom stereocenters. The van der Waals surface area contributed by atoms with Crippen LogP contribution in [0.2, 0.25) is 0 Å². The minimum atomic E-state index is -3.66. The van der Waals surface area contributed by atoms with Crippen molar-refractivity contribution >= 4 is 15.7 Å². The maximum absolute atomic E-state index is 11.9. The van der Waals surface area contributed by atoms with Crippen molar-refractivity contribution in [2.24, 2.45) is 5.73 Å². The van der Waals surface area contributed by atoms with Crippen LogP contribution >= 0.6 is 0 Å². The predicted octanol–water partition coefficient (Wildman–Crippen LogP) is 0.548. The number of ether oxygens (including phenoxy) is 1. The van der Waals surface area contributed by atoms with E-state index in [4.69, 9.17) is 10.5 Å². The van der Waals surface area contributed by atoms with Crippen LogP contribution in [0.3, 0.4) is 0 Å². The average molecular weight is 282 g/mol. The zero-order valence-electron chi connectivity index (χ0n) is 10.0. The molecule has 0 amide bonds. The van der Waals surface area contributed by atoms with Crippen molar-refractivity contribution < 1.29 is 13.2 Å². The smallest absolute Gasteiger partial charge is 0.278 e. The fourth-order valence-corrected chi connectivity index (χ4v) is 2.38. The fraction of sp³-hybridized carbons (Fsp3) is 0.182. The van der Waals surface area contributed by atoms with E-state index in [0.717, 1.165) is 0 Å². The van der Waals surface area contributed by atoms with Crippen molar-refractivity contribution in [1.82, 2.24) is 9.97 Å². The zero-order chi connectivity index (χ0) is 13.7. The Morgan fingerprint density at radius 3 is 2.95 bits per heavy atom. The van der Waals surface area contributed by atoms with E-state index in [0.29, 0.717) is 24.6 Å². The molecule has 1 aromatic heterocycles. The molecule has 0 radical (unpaired) electrons. The Bertz CT molecular complexity index is 625. The summed E-state index contributed by atoms with van der Waals surface area (Å²) in [5.41, 5.74) is 5.74. The average Bonchev–Trinajstić information content (AvgIpc) is 2.91. The number of rotatable bonds is 6. The third-order valence-corrected chi connectivity index (χ3v) is 3.54. The van der Waals surface area contributed by atoms with Gasteiger partial charge in [0.1, 0.15) is 12.4 Å². The lowest BCUT2D eigenvalue weighted by molar-refractivity contribution is 0.328. The first-order valence-electron chi connectivity index (χ1n) is 5.56. The molecule has 102 valence electrons. The normalized spacial score (nSPS) is 11.2. The Labute approximate surface area is 110 Å². The Morgan fingerprint density at radius 2 is 2.26 bits per heavy atom. The molecular formula is C11H14N4O3S. The molecule has 0 saturated heterocycles. The minimum Gasteiger partial charge on any atom is -0.492 e. The highest BCUT2D eigenvalue weighted by Gasteiger charge is 2.15. The molecule has 8 heteroatoms. The summed E-state index contributed by atoms with van der Waals surface area (Å²) in [7, 11) is -3.66. The van der Waals surface area contributed by atoms with Crippen molar-refractivity contribution in [3.63, 3.8) is 0 Å². The van der Waals surface area contributed by atoms with Crippen LogP contribution in [0.5, 0.6) is 5.75 Å². The fourth-order valence-electron chi connectivity index (χ4n) is 1.43. The molecule has 0 aliphatic rings. The number of hydrogen-bond acceptors (Lipinski definition) is 5. The van der Waals surface area contributed by atoms with Gasteiger partial charge in [-0.15, -0.1) is 0 Å². The topological polar surface area (TPSA) is 110 Å². The van der Waals surface area contributed by atoms with E-state index in [-0.39, 0.29) is 5.03 Å². The summed E-state index contributed by atoms with van der Waals surface area (Å²) in [6.07, 6.45) is 2.53. The molecule has 0 aliphatic heterocycles. The number of H-pyrrole nitrogens is 1. The van der Waals surface area contributed by atoms with Crippen molar-refractivity contribution in [2.75, 3.05) is 17.9 Å². The molecule has 1 heterocycles. The Balaban J connectivity index is 2.15. The van der Waals surface area contributed by atoms with Gasteiger partial charge >= 0.3 is 0 Å². The van der Waals surface area contributed by atoms with Gasteiger partial charge in [0.15, 0.2) is 5.03 Å². The molecule has 0 saturated carbocycles. The standard InChI is InChI=1S/C11H14N4O3S/c12-4-5-18-10-3-1-2-9(6-10)15-19(16,17)11-7-13-8-14-11/h1-3,6-8,15H,4-5,12H2,(H,13,14). The van der Waals surface area contributed by atoms with Crippen molar-refractivity contribution in [2.45, 2.75) is 5.03 Å². The maximum Gasteiger partial charge on any atom is 0.278 e. The van der Waals surface area contributed by atoms with Gasteiger partial charge in [-0.25, -0.2) is 4.98 Å². The van der Waals surface area contributed by atoms with Crippen LogP contribution in [0, 0.1) is 0 Å². The number of nitrogens with zero attached hydrogens (tertiary/aromatic N) is 1. The summed E-state index contributed by atoms with van der Waals surface area (Å²) in [4.78, 5) is 6.21. The van der Waals surface area contributed by atoms with Crippen molar-refractivity contribution in [3.05, 3.63) is 36.8 Å². The van der Waals surface area contributed by atoms with Gasteiger partial charge in [0.25, 0.3) is 10.0 Å². The minimum absolute atomic E-state index is 0.000722. The van der Waals surface area contributed by atoms with Crippen molar-refractivity contribution in [3.8, 4) is 5.75 Å². The van der Waals surface area contributed by atoms with E-state index in [1.54, 1.807) is 24.3 Å². The van der Waals surface area contributed by atoms with Gasteiger partial charge in [-0.3, -0.25) is 4.72 Å².